The third-order valence-corrected chi connectivity index (χ3v) is 4.20. The first-order chi connectivity index (χ1) is 9.38. The molecule has 0 bridgehead atoms. The van der Waals surface area contributed by atoms with Crippen molar-refractivity contribution in [3.8, 4) is 0 Å². The molecule has 2 N–H and O–H groups in total. The van der Waals surface area contributed by atoms with Crippen LogP contribution in [-0.2, 0) is 9.59 Å². The van der Waals surface area contributed by atoms with E-state index >= 15 is 0 Å². The van der Waals surface area contributed by atoms with Crippen LogP contribution in [-0.4, -0.2) is 24.4 Å². The molecule has 4 heteroatoms. The number of rotatable bonds is 0. The fourth-order valence-corrected chi connectivity index (χ4v) is 2.58. The number of carbonyl (C=O) groups is 2. The van der Waals surface area contributed by atoms with Crippen LogP contribution < -0.4 is 10.6 Å². The van der Waals surface area contributed by atoms with Gasteiger partial charge in [0.1, 0.15) is 0 Å². The molecule has 4 atom stereocenters. The maximum absolute atomic E-state index is 11.0. The number of nitrogens with one attached hydrogen (secondary N) is 2. The van der Waals surface area contributed by atoms with Gasteiger partial charge in [0.05, 0.1) is 0 Å². The topological polar surface area (TPSA) is 58.2 Å². The Morgan fingerprint density at radius 1 is 0.900 bits per heavy atom. The Kier molecular flexibility index (Phi) is 7.03. The van der Waals surface area contributed by atoms with E-state index in [0.29, 0.717) is 24.3 Å². The lowest BCUT2D eigenvalue weighted by Crippen LogP contribution is -2.30. The van der Waals surface area contributed by atoms with Gasteiger partial charge < -0.3 is 10.6 Å². The molecule has 2 aliphatic heterocycles. The van der Waals surface area contributed by atoms with Gasteiger partial charge in [0, 0.05) is 24.9 Å². The highest BCUT2D eigenvalue weighted by atomic mass is 16.2. The molecule has 4 unspecified atom stereocenters. The first-order valence-corrected chi connectivity index (χ1v) is 7.95. The molecular weight excluding hydrogens is 252 g/mol. The number of hydrogen-bond acceptors (Lipinski definition) is 2. The number of hydrogen-bond donors (Lipinski definition) is 2. The van der Waals surface area contributed by atoms with Crippen molar-refractivity contribution in [2.45, 2.75) is 65.8 Å². The molecule has 116 valence electrons. The first kappa shape index (κ1) is 17.0. The zero-order chi connectivity index (χ0) is 15.1. The van der Waals surface area contributed by atoms with Gasteiger partial charge in [-0.2, -0.15) is 0 Å². The van der Waals surface area contributed by atoms with E-state index in [-0.39, 0.29) is 17.7 Å². The average molecular weight is 282 g/mol. The summed E-state index contributed by atoms with van der Waals surface area (Å²) in [6, 6.07) is 0.387. The summed E-state index contributed by atoms with van der Waals surface area (Å²) in [6.45, 7) is 9.24. The molecule has 0 aromatic heterocycles. The van der Waals surface area contributed by atoms with Crippen LogP contribution in [0.1, 0.15) is 59.8 Å². The Labute approximate surface area is 123 Å². The minimum atomic E-state index is 0.220. The summed E-state index contributed by atoms with van der Waals surface area (Å²) in [5.41, 5.74) is 0. The fraction of sp³-hybridized carbons (Fsp3) is 0.875. The lowest BCUT2D eigenvalue weighted by molar-refractivity contribution is -0.124. The second kappa shape index (κ2) is 8.28. The SMILES string of the molecule is CC1CCC(C)C(=O)NC1.CC1CCC(C)NC(=O)C1. The van der Waals surface area contributed by atoms with Gasteiger partial charge in [-0.1, -0.05) is 20.8 Å². The number of carbonyl (C=O) groups excluding carboxylic acids is 2. The highest BCUT2D eigenvalue weighted by Gasteiger charge is 2.18. The zero-order valence-corrected chi connectivity index (χ0v) is 13.4. The minimum Gasteiger partial charge on any atom is -0.356 e. The zero-order valence-electron chi connectivity index (χ0n) is 13.4. The molecule has 0 spiro atoms. The fourth-order valence-electron chi connectivity index (χ4n) is 2.58. The van der Waals surface area contributed by atoms with Gasteiger partial charge in [-0.15, -0.1) is 0 Å². The summed E-state index contributed by atoms with van der Waals surface area (Å²) in [7, 11) is 0. The van der Waals surface area contributed by atoms with Crippen molar-refractivity contribution in [3.05, 3.63) is 0 Å². The van der Waals surface area contributed by atoms with Crippen LogP contribution in [0.15, 0.2) is 0 Å². The van der Waals surface area contributed by atoms with Gasteiger partial charge in [-0.05, 0) is 44.4 Å². The van der Waals surface area contributed by atoms with Gasteiger partial charge in [-0.3, -0.25) is 9.59 Å². The molecule has 2 saturated heterocycles. The Bertz CT molecular complexity index is 316. The molecule has 0 aromatic rings. The Morgan fingerprint density at radius 3 is 2.25 bits per heavy atom. The van der Waals surface area contributed by atoms with E-state index in [1.165, 1.54) is 12.8 Å². The van der Waals surface area contributed by atoms with Crippen molar-refractivity contribution in [2.75, 3.05) is 6.54 Å². The summed E-state index contributed by atoms with van der Waals surface area (Å²) in [4.78, 5) is 22.0. The molecule has 4 nitrogen and oxygen atoms in total. The van der Waals surface area contributed by atoms with Crippen LogP contribution in [0.2, 0.25) is 0 Å². The monoisotopic (exact) mass is 282 g/mol. The molecule has 2 amide bonds. The molecule has 2 fully saturated rings. The van der Waals surface area contributed by atoms with Crippen LogP contribution in [0.3, 0.4) is 0 Å². The Hall–Kier alpha value is -1.06. The molecule has 0 aromatic carbocycles. The van der Waals surface area contributed by atoms with E-state index in [4.69, 9.17) is 0 Å². The van der Waals surface area contributed by atoms with Crippen LogP contribution in [0.25, 0.3) is 0 Å². The van der Waals surface area contributed by atoms with Crippen LogP contribution in [0.4, 0.5) is 0 Å². The van der Waals surface area contributed by atoms with Crippen molar-refractivity contribution in [2.24, 2.45) is 17.8 Å². The van der Waals surface area contributed by atoms with E-state index in [2.05, 4.69) is 31.4 Å². The van der Waals surface area contributed by atoms with Crippen molar-refractivity contribution >= 4 is 11.8 Å². The quantitative estimate of drug-likeness (QED) is 0.717. The van der Waals surface area contributed by atoms with Crippen molar-refractivity contribution in [1.29, 1.82) is 0 Å². The molecule has 0 aliphatic carbocycles. The third-order valence-electron chi connectivity index (χ3n) is 4.20. The summed E-state index contributed by atoms with van der Waals surface area (Å²) in [6.07, 6.45) is 5.25. The van der Waals surface area contributed by atoms with E-state index in [1.54, 1.807) is 0 Å². The van der Waals surface area contributed by atoms with Crippen molar-refractivity contribution in [3.63, 3.8) is 0 Å². The maximum atomic E-state index is 11.0. The number of amides is 2. The standard InChI is InChI=1S/2C8H15NO/c1-6-3-4-7(2)8(10)9-5-6;1-6-3-4-7(2)9-8(10)5-6/h2*6-7H,3-5H2,1-2H3,(H,9,10). The second-order valence-electron chi connectivity index (χ2n) is 6.68. The van der Waals surface area contributed by atoms with E-state index in [9.17, 15) is 9.59 Å². The highest BCUT2D eigenvalue weighted by molar-refractivity contribution is 5.78. The Balaban J connectivity index is 0.000000200. The molecule has 2 aliphatic rings. The third kappa shape index (κ3) is 6.40. The minimum absolute atomic E-state index is 0.220. The van der Waals surface area contributed by atoms with Gasteiger partial charge in [0.25, 0.3) is 0 Å². The molecule has 2 rings (SSSR count). The molecule has 0 saturated carbocycles. The van der Waals surface area contributed by atoms with Crippen LogP contribution in [0, 0.1) is 17.8 Å². The predicted octanol–water partition coefficient (Wildman–Crippen LogP) is 2.48. The van der Waals surface area contributed by atoms with E-state index in [0.717, 1.165) is 19.4 Å². The summed E-state index contributed by atoms with van der Waals surface area (Å²) in [5, 5.41) is 5.84. The van der Waals surface area contributed by atoms with Crippen molar-refractivity contribution < 1.29 is 9.59 Å². The molecular formula is C16H30N2O2. The lowest BCUT2D eigenvalue weighted by Gasteiger charge is -2.07. The second-order valence-corrected chi connectivity index (χ2v) is 6.68. The summed E-state index contributed by atoms with van der Waals surface area (Å²) in [5.74, 6) is 1.91. The van der Waals surface area contributed by atoms with Gasteiger partial charge >= 0.3 is 0 Å². The summed E-state index contributed by atoms with van der Waals surface area (Å²) < 4.78 is 0. The van der Waals surface area contributed by atoms with Crippen LogP contribution >= 0.6 is 0 Å². The van der Waals surface area contributed by atoms with Crippen LogP contribution in [0.5, 0.6) is 0 Å². The van der Waals surface area contributed by atoms with Gasteiger partial charge in [-0.25, -0.2) is 0 Å². The highest BCUT2D eigenvalue weighted by Crippen LogP contribution is 2.16. The van der Waals surface area contributed by atoms with Crippen molar-refractivity contribution in [1.82, 2.24) is 10.6 Å². The smallest absolute Gasteiger partial charge is 0.222 e. The maximum Gasteiger partial charge on any atom is 0.222 e. The predicted molar refractivity (Wildman–Crippen MR) is 81.2 cm³/mol. The Morgan fingerprint density at radius 2 is 1.55 bits per heavy atom. The molecule has 0 radical (unpaired) electrons. The van der Waals surface area contributed by atoms with E-state index in [1.807, 2.05) is 6.92 Å². The van der Waals surface area contributed by atoms with Gasteiger partial charge in [0.2, 0.25) is 11.8 Å². The van der Waals surface area contributed by atoms with E-state index < -0.39 is 0 Å². The molecule has 20 heavy (non-hydrogen) atoms. The van der Waals surface area contributed by atoms with Gasteiger partial charge in [0.15, 0.2) is 0 Å². The first-order valence-electron chi connectivity index (χ1n) is 7.95. The average Bonchev–Trinajstić information content (AvgIpc) is 2.61. The normalized spacial score (nSPS) is 34.8. The summed E-state index contributed by atoms with van der Waals surface area (Å²) >= 11 is 0. The lowest BCUT2D eigenvalue weighted by atomic mass is 10.0. The molecule has 2 heterocycles. The largest absolute Gasteiger partial charge is 0.356 e.